The average molecular weight is 1050 g/mol. The molecule has 0 aromatic heterocycles. The van der Waals surface area contributed by atoms with Crippen LogP contribution >= 0.6 is 0 Å². The maximum atomic E-state index is 15.1. The third-order valence-electron chi connectivity index (χ3n) is 16.9. The van der Waals surface area contributed by atoms with Gasteiger partial charge < -0.3 is 42.5 Å². The van der Waals surface area contributed by atoms with Gasteiger partial charge in [-0.15, -0.1) is 6.58 Å². The number of fused-ring (bicyclic) bond motifs is 3. The maximum absolute atomic E-state index is 15.1. The molecule has 3 aliphatic heterocycles. The van der Waals surface area contributed by atoms with Crippen LogP contribution in [-0.4, -0.2) is 133 Å². The number of aliphatic hydroxyl groups is 1. The van der Waals surface area contributed by atoms with Crippen molar-refractivity contribution in [1.82, 2.24) is 4.90 Å². The number of amides is 1. The molecule has 1 amide bonds. The van der Waals surface area contributed by atoms with Crippen molar-refractivity contribution in [1.29, 1.82) is 0 Å². The highest BCUT2D eigenvalue weighted by molar-refractivity contribution is 6.84. The minimum Gasteiger partial charge on any atom is -0.456 e. The van der Waals surface area contributed by atoms with Crippen LogP contribution in [0.1, 0.15) is 127 Å². The molecule has 2 bridgehead atoms. The Hall–Kier alpha value is -3.13. The van der Waals surface area contributed by atoms with Crippen molar-refractivity contribution in [2.24, 2.45) is 29.6 Å². The fourth-order valence-corrected chi connectivity index (χ4v) is 14.9. The van der Waals surface area contributed by atoms with Crippen LogP contribution in [0.25, 0.3) is 0 Å². The third kappa shape index (κ3) is 14.9. The molecule has 1 aromatic rings. The van der Waals surface area contributed by atoms with E-state index >= 15 is 4.79 Å². The van der Waals surface area contributed by atoms with Gasteiger partial charge in [0.25, 0.3) is 11.7 Å². The van der Waals surface area contributed by atoms with Gasteiger partial charge in [0.2, 0.25) is 14.1 Å². The van der Waals surface area contributed by atoms with Crippen molar-refractivity contribution in [3.05, 3.63) is 66.3 Å². The van der Waals surface area contributed by atoms with Crippen molar-refractivity contribution < 1.29 is 58.2 Å². The Balaban J connectivity index is 1.61. The van der Waals surface area contributed by atoms with Gasteiger partial charge >= 0.3 is 5.97 Å². The van der Waals surface area contributed by atoms with Crippen molar-refractivity contribution in [3.8, 4) is 0 Å². The predicted octanol–water partition coefficient (Wildman–Crippen LogP) is 9.81. The second-order valence-electron chi connectivity index (χ2n) is 24.0. The van der Waals surface area contributed by atoms with E-state index in [1.165, 1.54) is 4.90 Å². The van der Waals surface area contributed by atoms with Gasteiger partial charge in [0.1, 0.15) is 24.0 Å². The molecule has 0 unspecified atom stereocenters. The van der Waals surface area contributed by atoms with E-state index in [1.807, 2.05) is 45.0 Å². The second kappa shape index (κ2) is 25.8. The first-order valence-corrected chi connectivity index (χ1v) is 32.9. The largest absolute Gasteiger partial charge is 0.456 e. The number of Topliss-reactive ketones (excluding diaryl/α,β-unsaturated/α-hetero) is 2. The Morgan fingerprint density at radius 3 is 2.19 bits per heavy atom. The molecule has 0 radical (unpaired) electrons. The summed E-state index contributed by atoms with van der Waals surface area (Å²) in [5.41, 5.74) is 1.79. The molecule has 1 N–H and O–H groups in total. The fourth-order valence-electron chi connectivity index (χ4n) is 11.4. The second-order valence-corrected chi connectivity index (χ2v) is 32.5. The summed E-state index contributed by atoms with van der Waals surface area (Å²) in [6.07, 6.45) is 7.23. The molecule has 73 heavy (non-hydrogen) atoms. The van der Waals surface area contributed by atoms with E-state index in [0.29, 0.717) is 51.0 Å². The number of nitrogens with zero attached hydrogens (tertiary/aromatic N) is 1. The first-order valence-electron chi connectivity index (χ1n) is 27.6. The Labute approximate surface area is 442 Å². The zero-order chi connectivity index (χ0) is 55.1. The lowest BCUT2D eigenvalue weighted by Crippen LogP contribution is -2.64. The average Bonchev–Trinajstić information content (AvgIpc) is 3.34. The summed E-state index contributed by atoms with van der Waals surface area (Å²) in [4.78, 5) is 60.6. The lowest BCUT2D eigenvalue weighted by molar-refractivity contribution is -0.302. The van der Waals surface area contributed by atoms with E-state index < -0.39 is 94.4 Å². The number of esters is 1. The first-order chi connectivity index (χ1) is 34.6. The van der Waals surface area contributed by atoms with Gasteiger partial charge in [0.05, 0.1) is 31.9 Å². The molecule has 1 saturated carbocycles. The Morgan fingerprint density at radius 1 is 0.890 bits per heavy atom. The zero-order valence-electron chi connectivity index (χ0n) is 48.1. The lowest BCUT2D eigenvalue weighted by atomic mass is 9.81. The Kier molecular flexibility index (Phi) is 20.9. The highest BCUT2D eigenvalue weighted by atomic mass is 28.4. The Morgan fingerprint density at radius 2 is 1.56 bits per heavy atom. The molecule has 0 spiro atoms. The summed E-state index contributed by atoms with van der Waals surface area (Å²) in [7, 11) is -0.277. The van der Waals surface area contributed by atoms with Crippen LogP contribution in [0.4, 0.5) is 0 Å². The first kappa shape index (κ1) is 59.1. The fraction of sp³-hybridized carbons (Fsp3) is 0.724. The van der Waals surface area contributed by atoms with E-state index in [1.54, 1.807) is 40.4 Å². The van der Waals surface area contributed by atoms with Crippen LogP contribution in [0.5, 0.6) is 0 Å². The molecule has 4 aliphatic rings. The summed E-state index contributed by atoms with van der Waals surface area (Å²) in [6.45, 7) is 28.9. The number of benzene rings is 1. The smallest absolute Gasteiger partial charge is 0.329 e. The summed E-state index contributed by atoms with van der Waals surface area (Å²) in [6, 6.07) is 6.96. The third-order valence-corrected chi connectivity index (χ3v) is 23.9. The molecule has 15 heteroatoms. The molecule has 3 fully saturated rings. The van der Waals surface area contributed by atoms with Gasteiger partial charge in [-0.25, -0.2) is 4.79 Å². The Bertz CT molecular complexity index is 2180. The zero-order valence-corrected chi connectivity index (χ0v) is 49.1. The number of carbonyl (C=O) groups is 4. The van der Waals surface area contributed by atoms with Crippen LogP contribution in [0.3, 0.4) is 0 Å². The van der Waals surface area contributed by atoms with E-state index in [9.17, 15) is 19.5 Å². The van der Waals surface area contributed by atoms with Gasteiger partial charge in [0.15, 0.2) is 8.32 Å². The minimum atomic E-state index is -2.59. The van der Waals surface area contributed by atoms with Crippen LogP contribution in [-0.2, 0) is 51.7 Å². The van der Waals surface area contributed by atoms with Crippen LogP contribution in [0.2, 0.25) is 31.2 Å². The molecular formula is C58H93NO12Si2. The molecule has 1 aromatic carbocycles. The van der Waals surface area contributed by atoms with Gasteiger partial charge in [-0.2, -0.15) is 0 Å². The number of carbonyl (C=O) groups excluding carboxylic acids is 4. The van der Waals surface area contributed by atoms with Gasteiger partial charge in [-0.3, -0.25) is 14.4 Å². The number of piperidine rings is 1. The summed E-state index contributed by atoms with van der Waals surface area (Å²) in [5, 5.41) is 13.0. The number of cyclic esters (lactones) is 1. The van der Waals surface area contributed by atoms with Crippen LogP contribution in [0, 0.1) is 29.6 Å². The molecule has 2 saturated heterocycles. The number of hydrogen-bond acceptors (Lipinski definition) is 12. The number of hydrogen-bond donors (Lipinski definition) is 1. The number of ether oxygens (including phenoxy) is 5. The summed E-state index contributed by atoms with van der Waals surface area (Å²) < 4.78 is 54.0. The molecule has 13 nitrogen and oxygen atoms in total. The van der Waals surface area contributed by atoms with Gasteiger partial charge in [-0.1, -0.05) is 95.7 Å². The van der Waals surface area contributed by atoms with E-state index in [-0.39, 0.29) is 60.7 Å². The van der Waals surface area contributed by atoms with Crippen LogP contribution in [0.15, 0.2) is 66.3 Å². The highest BCUT2D eigenvalue weighted by Gasteiger charge is 2.57. The highest BCUT2D eigenvalue weighted by Crippen LogP contribution is 2.42. The monoisotopic (exact) mass is 1050 g/mol. The van der Waals surface area contributed by atoms with Crippen LogP contribution < -0.4 is 5.19 Å². The quantitative estimate of drug-likeness (QED) is 0.0917. The SMILES string of the molecule is [2H]c1ccccc1[Si](C)(C)O[C@@H]1CC[C@@H](/C=C(\C)[C@H]2OC(=O)[C@@H]3CCCCN3C(=O)C(=O)[C@]3(O)O[C@H]([C@@H](OC)C[C@@H](C)C/C(C)=C/[C@@H](CC=C)C(=O)C[C@H](O[Si](C)(C)C(C)(C)C)[C@H]2C)[C@@H](OC)C[C@H]3C)C[C@H]1OC. The predicted molar refractivity (Wildman–Crippen MR) is 291 cm³/mol. The van der Waals surface area contributed by atoms with E-state index in [0.717, 1.165) is 22.8 Å². The molecular weight excluding hydrogens is 959 g/mol. The molecule has 14 atom stereocenters. The lowest BCUT2D eigenvalue weighted by Gasteiger charge is -2.47. The van der Waals surface area contributed by atoms with Crippen molar-refractivity contribution in [3.63, 3.8) is 0 Å². The standard InChI is InChI=1S/C58H93NO12Si2/c1-17-23-43-31-37(2)30-38(3)32-50(66-11)53-51(67-12)34-40(5)58(64,69-53)54(61)55(62)59-29-22-21-26-45(59)56(63)68-52(41(6)48(36-46(43)60)71-73(15,16)57(7,8)9)39(4)33-42-27-28-47(49(35-42)65-10)70-72(13,14)44-24-19-18-20-25-44/h17-20,24-25,31,33,38,40-43,45,47-53,64H,1,21-23,26-30,32,34-36H2,2-16H3/b37-31+,39-33+/t38-,40+,41+,42-,43+,45-,47+,48-,49+,50-,51-,52+,53+,58+/m0/s1/i24D. The molecule has 5 rings (SSSR count). The van der Waals surface area contributed by atoms with Crippen molar-refractivity contribution >= 4 is 45.3 Å². The number of ketones is 2. The van der Waals surface area contributed by atoms with Gasteiger partial charge in [-0.05, 0) is 132 Å². The maximum Gasteiger partial charge on any atom is 0.329 e. The topological polar surface area (TPSA) is 156 Å². The van der Waals surface area contributed by atoms with Crippen molar-refractivity contribution in [2.45, 2.75) is 212 Å². The summed E-state index contributed by atoms with van der Waals surface area (Å²) in [5.74, 6) is -7.20. The van der Waals surface area contributed by atoms with Gasteiger partial charge in [0, 0.05) is 52.0 Å². The van der Waals surface area contributed by atoms with E-state index in [4.69, 9.17) is 33.9 Å². The number of rotatable bonds is 12. The molecule has 410 valence electrons. The molecule has 1 aliphatic carbocycles. The minimum absolute atomic E-state index is 0.00452. The number of allylic oxidation sites excluding steroid dienone is 4. The summed E-state index contributed by atoms with van der Waals surface area (Å²) >= 11 is 0. The van der Waals surface area contributed by atoms with Crippen molar-refractivity contribution in [2.75, 3.05) is 27.9 Å². The number of methoxy groups -OCH3 is 3. The van der Waals surface area contributed by atoms with E-state index in [2.05, 4.69) is 66.5 Å². The normalized spacial score (nSPS) is 35.5. The molecule has 3 heterocycles.